The molecule has 6 heteroatoms. The number of fused-ring (bicyclic) bond motifs is 1. The van der Waals surface area contributed by atoms with Crippen molar-refractivity contribution in [3.8, 4) is 0 Å². The molecular formula is C22H21BrN4O. The maximum Gasteiger partial charge on any atom is 0.258 e. The van der Waals surface area contributed by atoms with Crippen LogP contribution in [0, 0.1) is 13.8 Å². The fourth-order valence-corrected chi connectivity index (χ4v) is 4.10. The number of aryl methyl sites for hydroxylation is 2. The number of aromatic nitrogens is 2. The number of anilines is 3. The number of carbonyl (C=O) groups excluding carboxylic acids is 1. The Labute approximate surface area is 173 Å². The molecule has 1 atom stereocenters. The quantitative estimate of drug-likeness (QED) is 0.613. The summed E-state index contributed by atoms with van der Waals surface area (Å²) in [5, 5.41) is 3.21. The van der Waals surface area contributed by atoms with Crippen LogP contribution in [-0.4, -0.2) is 21.9 Å². The second-order valence-corrected chi connectivity index (χ2v) is 8.10. The van der Waals surface area contributed by atoms with Gasteiger partial charge < -0.3 is 10.2 Å². The summed E-state index contributed by atoms with van der Waals surface area (Å²) < 4.78 is 1.03. The molecule has 0 radical (unpaired) electrons. The lowest BCUT2D eigenvalue weighted by Gasteiger charge is -2.23. The second kappa shape index (κ2) is 7.36. The van der Waals surface area contributed by atoms with E-state index in [2.05, 4.69) is 44.2 Å². The van der Waals surface area contributed by atoms with Crippen molar-refractivity contribution in [2.45, 2.75) is 33.2 Å². The molecule has 1 amide bonds. The average molecular weight is 437 g/mol. The Kier molecular flexibility index (Phi) is 4.89. The van der Waals surface area contributed by atoms with Gasteiger partial charge in [-0.25, -0.2) is 9.97 Å². The highest BCUT2D eigenvalue weighted by Crippen LogP contribution is 2.35. The number of nitrogens with one attached hydrogen (secondary N) is 1. The number of hydrogen-bond acceptors (Lipinski definition) is 4. The summed E-state index contributed by atoms with van der Waals surface area (Å²) in [6, 6.07) is 15.6. The first-order valence-electron chi connectivity index (χ1n) is 9.22. The van der Waals surface area contributed by atoms with Crippen LogP contribution >= 0.6 is 15.9 Å². The van der Waals surface area contributed by atoms with E-state index in [0.29, 0.717) is 11.5 Å². The third-order valence-electron chi connectivity index (χ3n) is 4.82. The Morgan fingerprint density at radius 2 is 1.86 bits per heavy atom. The van der Waals surface area contributed by atoms with E-state index in [-0.39, 0.29) is 11.9 Å². The predicted molar refractivity (Wildman–Crippen MR) is 115 cm³/mol. The average Bonchev–Trinajstić information content (AvgIpc) is 2.95. The number of carbonyl (C=O) groups is 1. The SMILES string of the molecule is Cc1cc(C)nc(Nc2cccc(C(=O)N3c4ccc(Br)cc4C[C@@H]3C)c2)n1. The van der Waals surface area contributed by atoms with Crippen molar-refractivity contribution in [2.75, 3.05) is 10.2 Å². The van der Waals surface area contributed by atoms with Gasteiger partial charge in [-0.1, -0.05) is 22.0 Å². The Hall–Kier alpha value is -2.73. The molecule has 2 heterocycles. The molecule has 1 aromatic heterocycles. The van der Waals surface area contributed by atoms with Crippen molar-refractivity contribution >= 4 is 39.2 Å². The molecule has 1 N–H and O–H groups in total. The first kappa shape index (κ1) is 18.6. The summed E-state index contributed by atoms with van der Waals surface area (Å²) in [7, 11) is 0. The highest BCUT2D eigenvalue weighted by Gasteiger charge is 2.31. The Morgan fingerprint density at radius 1 is 1.11 bits per heavy atom. The third kappa shape index (κ3) is 3.64. The molecule has 0 fully saturated rings. The Balaban J connectivity index is 1.62. The van der Waals surface area contributed by atoms with Crippen molar-refractivity contribution in [2.24, 2.45) is 0 Å². The molecule has 0 aliphatic carbocycles. The number of nitrogens with zero attached hydrogens (tertiary/aromatic N) is 3. The molecule has 0 unspecified atom stereocenters. The fourth-order valence-electron chi connectivity index (χ4n) is 3.69. The van der Waals surface area contributed by atoms with Gasteiger partial charge in [0.25, 0.3) is 5.91 Å². The first-order valence-corrected chi connectivity index (χ1v) is 10.0. The van der Waals surface area contributed by atoms with Gasteiger partial charge in [0, 0.05) is 38.8 Å². The number of amides is 1. The van der Waals surface area contributed by atoms with Crippen LogP contribution in [-0.2, 0) is 6.42 Å². The first-order chi connectivity index (χ1) is 13.4. The Morgan fingerprint density at radius 3 is 2.61 bits per heavy atom. The maximum atomic E-state index is 13.3. The zero-order chi connectivity index (χ0) is 19.8. The summed E-state index contributed by atoms with van der Waals surface area (Å²) in [4.78, 5) is 24.0. The van der Waals surface area contributed by atoms with Crippen molar-refractivity contribution in [3.05, 3.63) is 75.5 Å². The van der Waals surface area contributed by atoms with Crippen molar-refractivity contribution in [1.82, 2.24) is 9.97 Å². The van der Waals surface area contributed by atoms with E-state index in [0.717, 1.165) is 33.7 Å². The highest BCUT2D eigenvalue weighted by atomic mass is 79.9. The molecule has 1 aliphatic heterocycles. The molecule has 2 aromatic carbocycles. The zero-order valence-corrected chi connectivity index (χ0v) is 17.6. The Bertz CT molecular complexity index is 1050. The largest absolute Gasteiger partial charge is 0.324 e. The number of benzene rings is 2. The van der Waals surface area contributed by atoms with Crippen LogP contribution in [0.4, 0.5) is 17.3 Å². The van der Waals surface area contributed by atoms with Crippen molar-refractivity contribution in [1.29, 1.82) is 0 Å². The molecule has 28 heavy (non-hydrogen) atoms. The van der Waals surface area contributed by atoms with E-state index in [1.54, 1.807) is 0 Å². The van der Waals surface area contributed by atoms with Crippen LogP contribution < -0.4 is 10.2 Å². The predicted octanol–water partition coefficient (Wildman–Crippen LogP) is 5.19. The van der Waals surface area contributed by atoms with Crippen LogP contribution in [0.5, 0.6) is 0 Å². The second-order valence-electron chi connectivity index (χ2n) is 7.18. The van der Waals surface area contributed by atoms with Crippen molar-refractivity contribution < 1.29 is 4.79 Å². The van der Waals surface area contributed by atoms with E-state index in [1.807, 2.05) is 61.2 Å². The smallest absolute Gasteiger partial charge is 0.258 e. The molecule has 0 spiro atoms. The van der Waals surface area contributed by atoms with Gasteiger partial charge in [0.1, 0.15) is 0 Å². The van der Waals surface area contributed by atoms with Crippen molar-refractivity contribution in [3.63, 3.8) is 0 Å². The van der Waals surface area contributed by atoms with E-state index in [9.17, 15) is 4.79 Å². The topological polar surface area (TPSA) is 58.1 Å². The molecular weight excluding hydrogens is 416 g/mol. The van der Waals surface area contributed by atoms with E-state index >= 15 is 0 Å². The summed E-state index contributed by atoms with van der Waals surface area (Å²) >= 11 is 3.51. The minimum atomic E-state index is -0.00133. The lowest BCUT2D eigenvalue weighted by molar-refractivity contribution is 0.0981. The van der Waals surface area contributed by atoms with Gasteiger partial charge in [-0.3, -0.25) is 4.79 Å². The van der Waals surface area contributed by atoms with Gasteiger partial charge in [-0.05, 0) is 75.2 Å². The van der Waals surface area contributed by atoms with Crippen LogP contribution in [0.3, 0.4) is 0 Å². The zero-order valence-electron chi connectivity index (χ0n) is 16.0. The van der Waals surface area contributed by atoms with Gasteiger partial charge >= 0.3 is 0 Å². The fraction of sp³-hybridized carbons (Fsp3) is 0.227. The molecule has 4 rings (SSSR count). The summed E-state index contributed by atoms with van der Waals surface area (Å²) in [6.07, 6.45) is 0.856. The molecule has 3 aromatic rings. The summed E-state index contributed by atoms with van der Waals surface area (Å²) in [5.41, 5.74) is 5.40. The van der Waals surface area contributed by atoms with Crippen LogP contribution in [0.1, 0.15) is 34.2 Å². The number of hydrogen-bond donors (Lipinski definition) is 1. The van der Waals surface area contributed by atoms with Crippen LogP contribution in [0.15, 0.2) is 53.0 Å². The van der Waals surface area contributed by atoms with Crippen LogP contribution in [0.2, 0.25) is 0 Å². The monoisotopic (exact) mass is 436 g/mol. The number of rotatable bonds is 3. The van der Waals surface area contributed by atoms with Gasteiger partial charge in [0.2, 0.25) is 5.95 Å². The molecule has 1 aliphatic rings. The summed E-state index contributed by atoms with van der Waals surface area (Å²) in [5.74, 6) is 0.533. The van der Waals surface area contributed by atoms with E-state index in [1.165, 1.54) is 5.56 Å². The molecule has 0 saturated carbocycles. The van der Waals surface area contributed by atoms with E-state index in [4.69, 9.17) is 0 Å². The summed E-state index contributed by atoms with van der Waals surface area (Å²) in [6.45, 7) is 5.95. The van der Waals surface area contributed by atoms with E-state index < -0.39 is 0 Å². The van der Waals surface area contributed by atoms with Gasteiger partial charge in [0.05, 0.1) is 0 Å². The van der Waals surface area contributed by atoms with Gasteiger partial charge in [-0.15, -0.1) is 0 Å². The van der Waals surface area contributed by atoms with Gasteiger partial charge in [0.15, 0.2) is 0 Å². The maximum absolute atomic E-state index is 13.3. The third-order valence-corrected chi connectivity index (χ3v) is 5.32. The van der Waals surface area contributed by atoms with Crippen LogP contribution in [0.25, 0.3) is 0 Å². The lowest BCUT2D eigenvalue weighted by Crippen LogP contribution is -2.35. The normalized spacial score (nSPS) is 15.4. The van der Waals surface area contributed by atoms with Gasteiger partial charge in [-0.2, -0.15) is 0 Å². The lowest BCUT2D eigenvalue weighted by atomic mass is 10.1. The molecule has 5 nitrogen and oxygen atoms in total. The molecule has 0 saturated heterocycles. The minimum absolute atomic E-state index is 0.00133. The highest BCUT2D eigenvalue weighted by molar-refractivity contribution is 9.10. The number of halogens is 1. The molecule has 142 valence electrons. The molecule has 0 bridgehead atoms. The minimum Gasteiger partial charge on any atom is -0.324 e. The standard InChI is InChI=1S/C22H21BrN4O/c1-13-9-14(2)25-22(24-13)26-19-6-4-5-16(12-19)21(28)27-15(3)10-17-11-18(23)7-8-20(17)27/h4-9,11-12,15H,10H2,1-3H3,(H,24,25,26)/t15-/m0/s1.